The largest absolute Gasteiger partial charge is 0.388 e. The van der Waals surface area contributed by atoms with Crippen molar-refractivity contribution in [3.8, 4) is 33.4 Å². The fraction of sp³-hybridized carbons (Fsp3) is 0.0256. The number of aromatic nitrogens is 2. The van der Waals surface area contributed by atoms with Crippen LogP contribution in [0.4, 0.5) is 0 Å². The van der Waals surface area contributed by atoms with Gasteiger partial charge in [-0.2, -0.15) is 4.98 Å². The van der Waals surface area contributed by atoms with Crippen molar-refractivity contribution in [1.29, 1.82) is 0 Å². The minimum atomic E-state index is -0.410. The molecule has 0 fully saturated rings. The molecule has 200 valence electrons. The SMILES string of the molecule is O=c1oc2nc3ccccc3n2c2ccc(-c3ccc4c(c3)C3(c5ccccc5-c5ccccc53)c3ccccc3-4)cc12. The van der Waals surface area contributed by atoms with Crippen LogP contribution < -0.4 is 5.63 Å². The Hall–Kier alpha value is -5.74. The molecular formula is C39H22N2O2. The van der Waals surface area contributed by atoms with Crippen molar-refractivity contribution in [3.05, 3.63) is 166 Å². The van der Waals surface area contributed by atoms with Crippen molar-refractivity contribution in [2.75, 3.05) is 0 Å². The maximum atomic E-state index is 13.2. The third kappa shape index (κ3) is 2.76. The van der Waals surface area contributed by atoms with E-state index >= 15 is 0 Å². The van der Waals surface area contributed by atoms with Crippen LogP contribution in [0.2, 0.25) is 0 Å². The molecule has 0 saturated heterocycles. The predicted molar refractivity (Wildman–Crippen MR) is 170 cm³/mol. The van der Waals surface area contributed by atoms with E-state index < -0.39 is 5.41 Å². The summed E-state index contributed by atoms with van der Waals surface area (Å²) in [6.45, 7) is 0. The average Bonchev–Trinajstić information content (AvgIpc) is 3.68. The van der Waals surface area contributed by atoms with Crippen LogP contribution in [0.3, 0.4) is 0 Å². The van der Waals surface area contributed by atoms with E-state index in [0.29, 0.717) is 11.2 Å². The van der Waals surface area contributed by atoms with Crippen LogP contribution in [-0.4, -0.2) is 9.38 Å². The molecule has 0 bridgehead atoms. The quantitative estimate of drug-likeness (QED) is 0.206. The topological polar surface area (TPSA) is 47.5 Å². The smallest absolute Gasteiger partial charge is 0.348 e. The third-order valence-electron chi connectivity index (χ3n) is 9.50. The predicted octanol–water partition coefficient (Wildman–Crippen LogP) is 8.60. The summed E-state index contributed by atoms with van der Waals surface area (Å²) in [5.74, 6) is 0.308. The molecule has 6 aromatic carbocycles. The zero-order valence-corrected chi connectivity index (χ0v) is 22.9. The lowest BCUT2D eigenvalue weighted by Crippen LogP contribution is -2.25. The number of nitrogens with zero attached hydrogens (tertiary/aromatic N) is 2. The van der Waals surface area contributed by atoms with Crippen LogP contribution in [0.25, 0.3) is 61.2 Å². The minimum absolute atomic E-state index is 0.308. The van der Waals surface area contributed by atoms with Crippen LogP contribution in [-0.2, 0) is 5.41 Å². The van der Waals surface area contributed by atoms with E-state index in [-0.39, 0.29) is 5.63 Å². The molecular weight excluding hydrogens is 528 g/mol. The zero-order chi connectivity index (χ0) is 28.3. The summed E-state index contributed by atoms with van der Waals surface area (Å²) in [6.07, 6.45) is 0. The molecule has 2 aliphatic rings. The molecule has 0 aliphatic heterocycles. The molecule has 4 heteroatoms. The van der Waals surface area contributed by atoms with Crippen LogP contribution in [0.5, 0.6) is 0 Å². The molecule has 0 saturated carbocycles. The van der Waals surface area contributed by atoms with Gasteiger partial charge in [-0.1, -0.05) is 103 Å². The highest BCUT2D eigenvalue weighted by Crippen LogP contribution is 2.62. The van der Waals surface area contributed by atoms with Crippen LogP contribution >= 0.6 is 0 Å². The van der Waals surface area contributed by atoms with Crippen molar-refractivity contribution < 1.29 is 4.42 Å². The summed E-state index contributed by atoms with van der Waals surface area (Å²) in [7, 11) is 0. The number of hydrogen-bond donors (Lipinski definition) is 0. The Labute approximate surface area is 246 Å². The van der Waals surface area contributed by atoms with Crippen LogP contribution in [0.15, 0.2) is 143 Å². The van der Waals surface area contributed by atoms with Crippen molar-refractivity contribution in [2.45, 2.75) is 5.41 Å². The maximum Gasteiger partial charge on any atom is 0.348 e. The van der Waals surface area contributed by atoms with Gasteiger partial charge in [-0.15, -0.1) is 0 Å². The van der Waals surface area contributed by atoms with E-state index in [9.17, 15) is 4.79 Å². The first-order chi connectivity index (χ1) is 21.2. The molecule has 2 aromatic heterocycles. The van der Waals surface area contributed by atoms with Gasteiger partial charge in [-0.25, -0.2) is 4.79 Å². The van der Waals surface area contributed by atoms with Gasteiger partial charge in [0.1, 0.15) is 0 Å². The Bertz CT molecular complexity index is 2490. The maximum absolute atomic E-state index is 13.2. The molecule has 1 spiro atoms. The van der Waals surface area contributed by atoms with Crippen molar-refractivity contribution in [1.82, 2.24) is 9.38 Å². The molecule has 10 rings (SSSR count). The highest BCUT2D eigenvalue weighted by Gasteiger charge is 2.51. The molecule has 0 radical (unpaired) electrons. The molecule has 2 aliphatic carbocycles. The summed E-state index contributed by atoms with van der Waals surface area (Å²) >= 11 is 0. The highest BCUT2D eigenvalue weighted by atomic mass is 16.4. The van der Waals surface area contributed by atoms with Gasteiger partial charge in [-0.3, -0.25) is 4.40 Å². The second-order valence-electron chi connectivity index (χ2n) is 11.5. The van der Waals surface area contributed by atoms with Gasteiger partial charge in [0.15, 0.2) is 0 Å². The van der Waals surface area contributed by atoms with Gasteiger partial charge in [0.2, 0.25) is 0 Å². The molecule has 0 atom stereocenters. The summed E-state index contributed by atoms with van der Waals surface area (Å²) < 4.78 is 7.64. The molecule has 0 unspecified atom stereocenters. The van der Waals surface area contributed by atoms with Gasteiger partial charge in [0.05, 0.1) is 27.4 Å². The molecule has 0 N–H and O–H groups in total. The molecule has 8 aromatic rings. The Kier molecular flexibility index (Phi) is 4.24. The lowest BCUT2D eigenvalue weighted by Gasteiger charge is -2.30. The van der Waals surface area contributed by atoms with E-state index in [1.807, 2.05) is 40.8 Å². The monoisotopic (exact) mass is 550 g/mol. The van der Waals surface area contributed by atoms with Gasteiger partial charge in [0, 0.05) is 0 Å². The normalized spacial score (nSPS) is 13.9. The number of rotatable bonds is 1. The van der Waals surface area contributed by atoms with Crippen LogP contribution in [0.1, 0.15) is 22.3 Å². The van der Waals surface area contributed by atoms with E-state index in [1.165, 1.54) is 44.5 Å². The van der Waals surface area contributed by atoms with Crippen molar-refractivity contribution >= 4 is 27.8 Å². The minimum Gasteiger partial charge on any atom is -0.388 e. The van der Waals surface area contributed by atoms with Crippen molar-refractivity contribution in [2.24, 2.45) is 0 Å². The number of hydrogen-bond acceptors (Lipinski definition) is 3. The number of fused-ring (bicyclic) bond motifs is 15. The molecule has 0 amide bonds. The van der Waals surface area contributed by atoms with E-state index in [0.717, 1.165) is 27.7 Å². The first-order valence-corrected chi connectivity index (χ1v) is 14.5. The van der Waals surface area contributed by atoms with Gasteiger partial charge < -0.3 is 4.42 Å². The van der Waals surface area contributed by atoms with Gasteiger partial charge in [-0.05, 0) is 86.0 Å². The first-order valence-electron chi connectivity index (χ1n) is 14.5. The van der Waals surface area contributed by atoms with E-state index in [1.54, 1.807) is 0 Å². The molecule has 2 heterocycles. The van der Waals surface area contributed by atoms with Gasteiger partial charge in [0.25, 0.3) is 0 Å². The fourth-order valence-corrected chi connectivity index (χ4v) is 7.79. The summed E-state index contributed by atoms with van der Waals surface area (Å²) in [5, 5.41) is 0.531. The Morgan fingerprint density at radius 1 is 0.535 bits per heavy atom. The molecule has 4 nitrogen and oxygen atoms in total. The van der Waals surface area contributed by atoms with E-state index in [2.05, 4.69) is 102 Å². The lowest BCUT2D eigenvalue weighted by atomic mass is 9.70. The summed E-state index contributed by atoms with van der Waals surface area (Å²) in [4.78, 5) is 17.8. The molecule has 43 heavy (non-hydrogen) atoms. The number of imidazole rings is 1. The van der Waals surface area contributed by atoms with Gasteiger partial charge >= 0.3 is 11.5 Å². The standard InChI is InChI=1S/C39H22N2O2/c42-37-29-21-23(18-20-35(29)41-36-16-8-7-15-34(36)40-38(41)43-37)24-17-19-28-27-11-3-6-14-32(27)39(33(28)22-24)30-12-4-1-9-25(30)26-10-2-5-13-31(26)39/h1-22H. The summed E-state index contributed by atoms with van der Waals surface area (Å²) in [6, 6.07) is 47.1. The Morgan fingerprint density at radius 3 is 1.79 bits per heavy atom. The summed E-state index contributed by atoms with van der Waals surface area (Å²) in [5.41, 5.74) is 14.0. The Morgan fingerprint density at radius 2 is 1.09 bits per heavy atom. The fourth-order valence-electron chi connectivity index (χ4n) is 7.79. The second kappa shape index (κ2) is 7.96. The van der Waals surface area contributed by atoms with E-state index in [4.69, 9.17) is 4.42 Å². The lowest BCUT2D eigenvalue weighted by molar-refractivity contribution is 0.539. The number of para-hydroxylation sites is 2. The third-order valence-corrected chi connectivity index (χ3v) is 9.50. The highest BCUT2D eigenvalue weighted by molar-refractivity contribution is 5.96. The van der Waals surface area contributed by atoms with Crippen molar-refractivity contribution in [3.63, 3.8) is 0 Å². The zero-order valence-electron chi connectivity index (χ0n) is 22.9. The second-order valence-corrected chi connectivity index (χ2v) is 11.5. The average molecular weight is 551 g/mol. The Balaban J connectivity index is 1.25. The first kappa shape index (κ1) is 22.9. The van der Waals surface area contributed by atoms with Crippen LogP contribution in [0, 0.1) is 0 Å². The number of benzene rings is 6.